The van der Waals surface area contributed by atoms with E-state index in [0.717, 1.165) is 31.5 Å². The Bertz CT molecular complexity index is 395. The maximum absolute atomic E-state index is 12.0. The van der Waals surface area contributed by atoms with Crippen molar-refractivity contribution >= 4 is 11.8 Å². The molecule has 2 rings (SSSR count). The van der Waals surface area contributed by atoms with Crippen LogP contribution in [0.2, 0.25) is 0 Å². The minimum atomic E-state index is -0.498. The van der Waals surface area contributed by atoms with Crippen LogP contribution >= 0.6 is 0 Å². The molecule has 4 atom stereocenters. The van der Waals surface area contributed by atoms with Crippen LogP contribution in [0.1, 0.15) is 46.5 Å². The van der Waals surface area contributed by atoms with Gasteiger partial charge in [-0.3, -0.25) is 9.59 Å². The van der Waals surface area contributed by atoms with E-state index in [4.69, 9.17) is 0 Å². The first kappa shape index (κ1) is 17.3. The molecule has 0 aromatic carbocycles. The molecule has 5 heteroatoms. The molecule has 2 fully saturated rings. The van der Waals surface area contributed by atoms with Crippen molar-refractivity contribution in [3.8, 4) is 0 Å². The summed E-state index contributed by atoms with van der Waals surface area (Å²) in [5.41, 5.74) is 0. The third-order valence-electron chi connectivity index (χ3n) is 5.61. The average molecular weight is 309 g/mol. The first-order chi connectivity index (χ1) is 10.5. The number of likely N-dealkylation sites (N-methyl/N-ethyl adjacent to an activating group) is 1. The lowest BCUT2D eigenvalue weighted by atomic mass is 9.84. The molecule has 4 unspecified atom stereocenters. The lowest BCUT2D eigenvalue weighted by Crippen LogP contribution is -2.48. The second-order valence-corrected chi connectivity index (χ2v) is 6.88. The zero-order chi connectivity index (χ0) is 16.1. The van der Waals surface area contributed by atoms with E-state index in [1.165, 1.54) is 25.7 Å². The number of nitrogens with one attached hydrogen (secondary N) is 2. The predicted octanol–water partition coefficient (Wildman–Crippen LogP) is 1.39. The van der Waals surface area contributed by atoms with Gasteiger partial charge in [-0.2, -0.15) is 0 Å². The molecule has 0 aromatic rings. The highest BCUT2D eigenvalue weighted by atomic mass is 16.2. The molecular formula is C17H31N3O2. The van der Waals surface area contributed by atoms with Crippen molar-refractivity contribution in [2.45, 2.75) is 52.5 Å². The molecule has 2 aliphatic carbocycles. The lowest BCUT2D eigenvalue weighted by Gasteiger charge is -2.28. The van der Waals surface area contributed by atoms with Gasteiger partial charge in [-0.1, -0.05) is 20.3 Å². The summed E-state index contributed by atoms with van der Waals surface area (Å²) >= 11 is 0. The van der Waals surface area contributed by atoms with Crippen LogP contribution in [0.25, 0.3) is 0 Å². The number of rotatable bonds is 7. The molecule has 0 saturated heterocycles. The Hall–Kier alpha value is -1.10. The summed E-state index contributed by atoms with van der Waals surface area (Å²) in [7, 11) is 0. The summed E-state index contributed by atoms with van der Waals surface area (Å²) in [4.78, 5) is 26.1. The van der Waals surface area contributed by atoms with Crippen molar-refractivity contribution < 1.29 is 9.59 Å². The molecule has 126 valence electrons. The molecule has 5 nitrogen and oxygen atoms in total. The van der Waals surface area contributed by atoms with Gasteiger partial charge in [0.25, 0.3) is 0 Å². The Morgan fingerprint density at radius 1 is 1.14 bits per heavy atom. The van der Waals surface area contributed by atoms with Gasteiger partial charge in [-0.15, -0.1) is 0 Å². The third kappa shape index (κ3) is 4.22. The summed E-state index contributed by atoms with van der Waals surface area (Å²) in [5.74, 6) is 1.20. The van der Waals surface area contributed by atoms with E-state index in [9.17, 15) is 9.59 Å². The van der Waals surface area contributed by atoms with E-state index in [1.54, 1.807) is 0 Å². The largest absolute Gasteiger partial charge is 0.347 e. The predicted molar refractivity (Wildman–Crippen MR) is 87.3 cm³/mol. The van der Waals surface area contributed by atoms with E-state index in [2.05, 4.69) is 29.4 Å². The van der Waals surface area contributed by atoms with Gasteiger partial charge < -0.3 is 15.5 Å². The van der Waals surface area contributed by atoms with Crippen LogP contribution in [0.5, 0.6) is 0 Å². The fraction of sp³-hybridized carbons (Fsp3) is 0.882. The van der Waals surface area contributed by atoms with Gasteiger partial charge in [0, 0.05) is 19.1 Å². The van der Waals surface area contributed by atoms with Gasteiger partial charge >= 0.3 is 11.8 Å². The highest BCUT2D eigenvalue weighted by Crippen LogP contribution is 2.49. The monoisotopic (exact) mass is 309 g/mol. The van der Waals surface area contributed by atoms with Gasteiger partial charge in [0.05, 0.1) is 0 Å². The van der Waals surface area contributed by atoms with Crippen molar-refractivity contribution in [1.29, 1.82) is 0 Å². The SMILES string of the molecule is CCN(CC)CCNC(=O)C(=O)NC(C)C1CC2CCC1C2. The fourth-order valence-electron chi connectivity index (χ4n) is 4.23. The molecule has 0 heterocycles. The molecule has 2 aliphatic rings. The van der Waals surface area contributed by atoms with Crippen LogP contribution < -0.4 is 10.6 Å². The van der Waals surface area contributed by atoms with Gasteiger partial charge in [-0.05, 0) is 57.0 Å². The second kappa shape index (κ2) is 7.95. The van der Waals surface area contributed by atoms with Crippen LogP contribution in [0.4, 0.5) is 0 Å². The van der Waals surface area contributed by atoms with Gasteiger partial charge in [0.1, 0.15) is 0 Å². The van der Waals surface area contributed by atoms with Crippen LogP contribution in [0, 0.1) is 17.8 Å². The topological polar surface area (TPSA) is 61.4 Å². The minimum absolute atomic E-state index is 0.108. The standard InChI is InChI=1S/C17H31N3O2/c1-4-20(5-2)9-8-18-16(21)17(22)19-12(3)15-11-13-6-7-14(15)10-13/h12-15H,4-11H2,1-3H3,(H,18,21)(H,19,22). The molecule has 2 bridgehead atoms. The Morgan fingerprint density at radius 3 is 2.41 bits per heavy atom. The third-order valence-corrected chi connectivity index (χ3v) is 5.61. The maximum Gasteiger partial charge on any atom is 0.309 e. The number of hydrogen-bond acceptors (Lipinski definition) is 3. The number of nitrogens with zero attached hydrogens (tertiary/aromatic N) is 1. The average Bonchev–Trinajstić information content (AvgIpc) is 3.14. The van der Waals surface area contributed by atoms with E-state index in [-0.39, 0.29) is 6.04 Å². The molecule has 0 radical (unpaired) electrons. The van der Waals surface area contributed by atoms with Crippen molar-refractivity contribution in [3.63, 3.8) is 0 Å². The number of fused-ring (bicyclic) bond motifs is 2. The Kier molecular flexibility index (Phi) is 6.24. The highest BCUT2D eigenvalue weighted by molar-refractivity contribution is 6.35. The molecular weight excluding hydrogens is 278 g/mol. The van der Waals surface area contributed by atoms with E-state index >= 15 is 0 Å². The maximum atomic E-state index is 12.0. The molecule has 2 saturated carbocycles. The summed E-state index contributed by atoms with van der Waals surface area (Å²) in [6.45, 7) is 9.46. The molecule has 0 aromatic heterocycles. The summed E-state index contributed by atoms with van der Waals surface area (Å²) in [6.07, 6.45) is 5.19. The molecule has 0 spiro atoms. The van der Waals surface area contributed by atoms with Crippen LogP contribution in [0.3, 0.4) is 0 Å². The Balaban J connectivity index is 1.68. The smallest absolute Gasteiger partial charge is 0.309 e. The van der Waals surface area contributed by atoms with Crippen LogP contribution in [-0.4, -0.2) is 48.9 Å². The summed E-state index contributed by atoms with van der Waals surface area (Å²) in [6, 6.07) is 0.108. The lowest BCUT2D eigenvalue weighted by molar-refractivity contribution is -0.139. The van der Waals surface area contributed by atoms with Gasteiger partial charge in [-0.25, -0.2) is 0 Å². The normalized spacial score (nSPS) is 27.9. The first-order valence-corrected chi connectivity index (χ1v) is 8.86. The van der Waals surface area contributed by atoms with Crippen molar-refractivity contribution in [2.75, 3.05) is 26.2 Å². The highest BCUT2D eigenvalue weighted by Gasteiger charge is 2.42. The van der Waals surface area contributed by atoms with E-state index in [1.807, 2.05) is 6.92 Å². The quantitative estimate of drug-likeness (QED) is 0.699. The van der Waals surface area contributed by atoms with Crippen LogP contribution in [-0.2, 0) is 9.59 Å². The second-order valence-electron chi connectivity index (χ2n) is 6.88. The number of carbonyl (C=O) groups excluding carboxylic acids is 2. The van der Waals surface area contributed by atoms with Gasteiger partial charge in [0.15, 0.2) is 0 Å². The van der Waals surface area contributed by atoms with E-state index in [0.29, 0.717) is 12.5 Å². The number of hydrogen-bond donors (Lipinski definition) is 2. The van der Waals surface area contributed by atoms with Crippen LogP contribution in [0.15, 0.2) is 0 Å². The molecule has 0 aliphatic heterocycles. The van der Waals surface area contributed by atoms with Crippen molar-refractivity contribution in [3.05, 3.63) is 0 Å². The van der Waals surface area contributed by atoms with Gasteiger partial charge in [0.2, 0.25) is 0 Å². The summed E-state index contributed by atoms with van der Waals surface area (Å²) < 4.78 is 0. The number of amides is 2. The van der Waals surface area contributed by atoms with E-state index < -0.39 is 11.8 Å². The van der Waals surface area contributed by atoms with Crippen molar-refractivity contribution in [2.24, 2.45) is 17.8 Å². The molecule has 22 heavy (non-hydrogen) atoms. The fourth-order valence-corrected chi connectivity index (χ4v) is 4.23. The number of carbonyl (C=O) groups is 2. The molecule has 2 N–H and O–H groups in total. The molecule has 2 amide bonds. The Labute approximate surface area is 134 Å². The first-order valence-electron chi connectivity index (χ1n) is 8.86. The zero-order valence-electron chi connectivity index (χ0n) is 14.2. The Morgan fingerprint density at radius 2 is 1.86 bits per heavy atom. The zero-order valence-corrected chi connectivity index (χ0v) is 14.2. The van der Waals surface area contributed by atoms with Crippen molar-refractivity contribution in [1.82, 2.24) is 15.5 Å². The summed E-state index contributed by atoms with van der Waals surface area (Å²) in [5, 5.41) is 5.63. The minimum Gasteiger partial charge on any atom is -0.347 e.